The number of fused-ring (bicyclic) bond motifs is 2. The smallest absolute Gasteiger partial charge is 0.257 e. The summed E-state index contributed by atoms with van der Waals surface area (Å²) < 4.78 is 11.0. The molecule has 3 aliphatic rings. The van der Waals surface area contributed by atoms with E-state index in [0.29, 0.717) is 40.0 Å². The predicted octanol–water partition coefficient (Wildman–Crippen LogP) is 4.20. The molecule has 31 heavy (non-hydrogen) atoms. The van der Waals surface area contributed by atoms with Crippen LogP contribution in [0.15, 0.2) is 39.4 Å². The Morgan fingerprint density at radius 3 is 2.71 bits per heavy atom. The second-order valence-electron chi connectivity index (χ2n) is 9.30. The van der Waals surface area contributed by atoms with Crippen molar-refractivity contribution in [1.29, 1.82) is 0 Å². The number of aromatic amines is 1. The van der Waals surface area contributed by atoms with E-state index in [4.69, 9.17) is 14.5 Å². The normalized spacial score (nSPS) is 21.1. The second kappa shape index (κ2) is 7.15. The Bertz CT molecular complexity index is 1180. The van der Waals surface area contributed by atoms with Gasteiger partial charge in [-0.1, -0.05) is 45.5 Å². The largest absolute Gasteiger partial charge is 0.454 e. The number of rotatable bonds is 3. The number of ketones is 1. The summed E-state index contributed by atoms with van der Waals surface area (Å²) in [6.45, 7) is 8.45. The van der Waals surface area contributed by atoms with Crippen LogP contribution in [0.5, 0.6) is 11.5 Å². The first-order valence-corrected chi connectivity index (χ1v) is 11.3. The first-order valence-electron chi connectivity index (χ1n) is 10.5. The van der Waals surface area contributed by atoms with E-state index in [0.717, 1.165) is 17.7 Å². The summed E-state index contributed by atoms with van der Waals surface area (Å²) in [4.78, 5) is 34.2. The Labute approximate surface area is 184 Å². The molecule has 1 aromatic heterocycles. The summed E-state index contributed by atoms with van der Waals surface area (Å²) in [7, 11) is 0. The Hall–Kier alpha value is -2.74. The van der Waals surface area contributed by atoms with Crippen LogP contribution >= 0.6 is 11.8 Å². The maximum atomic E-state index is 13.3. The fourth-order valence-corrected chi connectivity index (χ4v) is 5.34. The lowest BCUT2D eigenvalue weighted by atomic mass is 9.69. The molecule has 5 rings (SSSR count). The number of hydrogen-bond acceptors (Lipinski definition) is 7. The number of carbonyl (C=O) groups excluding carboxylic acids is 1. The molecule has 1 atom stereocenters. The summed E-state index contributed by atoms with van der Waals surface area (Å²) in [6.07, 6.45) is 1.16. The van der Waals surface area contributed by atoms with E-state index < -0.39 is 5.92 Å². The van der Waals surface area contributed by atoms with Gasteiger partial charge in [0.05, 0.1) is 5.56 Å². The lowest BCUT2D eigenvalue weighted by Gasteiger charge is -2.38. The minimum absolute atomic E-state index is 0.0621. The summed E-state index contributed by atoms with van der Waals surface area (Å²) in [5, 5.41) is 4.20. The molecule has 0 fully saturated rings. The van der Waals surface area contributed by atoms with Gasteiger partial charge in [0.2, 0.25) is 6.79 Å². The van der Waals surface area contributed by atoms with E-state index in [-0.39, 0.29) is 28.8 Å². The van der Waals surface area contributed by atoms with Gasteiger partial charge >= 0.3 is 0 Å². The van der Waals surface area contributed by atoms with Crippen molar-refractivity contribution in [2.45, 2.75) is 56.9 Å². The molecule has 2 aliphatic heterocycles. The molecule has 2 aromatic rings. The predicted molar refractivity (Wildman–Crippen MR) is 119 cm³/mol. The number of thioether (sulfide) groups is 1. The van der Waals surface area contributed by atoms with Gasteiger partial charge in [-0.15, -0.1) is 0 Å². The van der Waals surface area contributed by atoms with Crippen molar-refractivity contribution < 1.29 is 14.3 Å². The molecule has 3 heterocycles. The number of allylic oxidation sites excluding steroid dienone is 2. The van der Waals surface area contributed by atoms with Crippen LogP contribution in [0, 0.1) is 5.41 Å². The molecule has 0 spiro atoms. The van der Waals surface area contributed by atoms with Crippen LogP contribution in [0.1, 0.15) is 57.6 Å². The zero-order valence-electron chi connectivity index (χ0n) is 18.0. The molecule has 0 amide bonds. The lowest BCUT2D eigenvalue weighted by molar-refractivity contribution is -0.118. The highest BCUT2D eigenvalue weighted by molar-refractivity contribution is 7.99. The van der Waals surface area contributed by atoms with Crippen molar-refractivity contribution in [2.75, 3.05) is 12.1 Å². The molecule has 2 N–H and O–H groups in total. The molecular formula is C23H25N3O4S. The van der Waals surface area contributed by atoms with Gasteiger partial charge in [0.1, 0.15) is 5.82 Å². The number of H-pyrrole nitrogens is 1. The molecule has 0 radical (unpaired) electrons. The van der Waals surface area contributed by atoms with Crippen molar-refractivity contribution in [3.05, 3.63) is 50.9 Å². The first-order chi connectivity index (χ1) is 14.7. The molecular weight excluding hydrogens is 414 g/mol. The number of ether oxygens (including phenoxy) is 2. The van der Waals surface area contributed by atoms with Gasteiger partial charge in [-0.3, -0.25) is 9.59 Å². The van der Waals surface area contributed by atoms with E-state index in [1.807, 2.05) is 18.2 Å². The summed E-state index contributed by atoms with van der Waals surface area (Å²) in [5.41, 5.74) is 2.42. The molecule has 0 saturated carbocycles. The van der Waals surface area contributed by atoms with E-state index in [1.165, 1.54) is 11.8 Å². The third-order valence-electron chi connectivity index (χ3n) is 5.78. The molecule has 1 aromatic carbocycles. The number of nitrogens with zero attached hydrogens (tertiary/aromatic N) is 1. The lowest BCUT2D eigenvalue weighted by Crippen LogP contribution is -2.37. The van der Waals surface area contributed by atoms with Crippen molar-refractivity contribution in [3.8, 4) is 11.5 Å². The average Bonchev–Trinajstić information content (AvgIpc) is 3.12. The number of anilines is 1. The van der Waals surface area contributed by atoms with Gasteiger partial charge in [-0.05, 0) is 29.5 Å². The molecule has 8 heteroatoms. The third kappa shape index (κ3) is 3.52. The first kappa shape index (κ1) is 20.2. The summed E-state index contributed by atoms with van der Waals surface area (Å²) in [6, 6.07) is 5.61. The van der Waals surface area contributed by atoms with Crippen LogP contribution in [-0.2, 0) is 4.79 Å². The van der Waals surface area contributed by atoms with E-state index >= 15 is 0 Å². The van der Waals surface area contributed by atoms with Gasteiger partial charge in [-0.2, -0.15) is 0 Å². The highest BCUT2D eigenvalue weighted by atomic mass is 32.2. The highest BCUT2D eigenvalue weighted by Crippen LogP contribution is 2.49. The Morgan fingerprint density at radius 1 is 1.16 bits per heavy atom. The Balaban J connectivity index is 1.71. The van der Waals surface area contributed by atoms with Crippen LogP contribution in [0.3, 0.4) is 0 Å². The van der Waals surface area contributed by atoms with Crippen LogP contribution in [0.25, 0.3) is 0 Å². The minimum Gasteiger partial charge on any atom is -0.454 e. The highest BCUT2D eigenvalue weighted by Gasteiger charge is 2.42. The van der Waals surface area contributed by atoms with E-state index in [2.05, 4.69) is 38.0 Å². The van der Waals surface area contributed by atoms with Crippen molar-refractivity contribution in [1.82, 2.24) is 9.97 Å². The zero-order valence-corrected chi connectivity index (χ0v) is 18.8. The monoisotopic (exact) mass is 439 g/mol. The number of aromatic nitrogens is 2. The van der Waals surface area contributed by atoms with Crippen molar-refractivity contribution >= 4 is 23.4 Å². The molecule has 0 unspecified atom stereocenters. The number of nitrogens with one attached hydrogen (secondary N) is 2. The second-order valence-corrected chi connectivity index (χ2v) is 10.9. The minimum atomic E-state index is -0.501. The van der Waals surface area contributed by atoms with Crippen molar-refractivity contribution in [2.24, 2.45) is 5.41 Å². The third-order valence-corrected chi connectivity index (χ3v) is 6.67. The van der Waals surface area contributed by atoms with Gasteiger partial charge < -0.3 is 19.8 Å². The molecule has 1 aliphatic carbocycles. The zero-order chi connectivity index (χ0) is 21.9. The molecule has 162 valence electrons. The topological polar surface area (TPSA) is 93.3 Å². The van der Waals surface area contributed by atoms with Gasteiger partial charge in [0.15, 0.2) is 22.4 Å². The standard InChI is InChI=1S/C23H25N3O4S/c1-11(2)31-22-25-20-19(21(28)26-22)17(12-5-6-15-16(7-12)30-10-29-15)18-13(24-20)8-23(3,4)9-14(18)27/h5-7,11,17H,8-10H2,1-4H3,(H2,24,25,26,28)/t17-/m0/s1. The van der Waals surface area contributed by atoms with Crippen LogP contribution in [0.2, 0.25) is 0 Å². The number of benzene rings is 1. The van der Waals surface area contributed by atoms with Gasteiger partial charge in [-0.25, -0.2) is 4.98 Å². The van der Waals surface area contributed by atoms with Crippen LogP contribution < -0.4 is 20.3 Å². The maximum Gasteiger partial charge on any atom is 0.257 e. The van der Waals surface area contributed by atoms with Gasteiger partial charge in [0, 0.05) is 28.9 Å². The fourth-order valence-electron chi connectivity index (χ4n) is 4.60. The SMILES string of the molecule is CC(C)Sc1nc2c(c(=O)[nH]1)[C@@H](c1ccc3c(c1)OCO3)C1=C(CC(C)(C)CC1=O)N2. The fraction of sp³-hybridized carbons (Fsp3) is 0.435. The van der Waals surface area contributed by atoms with Crippen LogP contribution in [0.4, 0.5) is 5.82 Å². The number of hydrogen-bond donors (Lipinski definition) is 2. The number of carbonyl (C=O) groups is 1. The van der Waals surface area contributed by atoms with E-state index in [1.54, 1.807) is 0 Å². The summed E-state index contributed by atoms with van der Waals surface area (Å²) in [5.74, 6) is 1.38. The Kier molecular flexibility index (Phi) is 4.66. The number of Topliss-reactive ketones (excluding diaryl/α,β-unsaturated/α-hetero) is 1. The van der Waals surface area contributed by atoms with Gasteiger partial charge in [0.25, 0.3) is 5.56 Å². The van der Waals surface area contributed by atoms with Crippen LogP contribution in [-0.4, -0.2) is 27.8 Å². The van der Waals surface area contributed by atoms with E-state index in [9.17, 15) is 9.59 Å². The maximum absolute atomic E-state index is 13.3. The molecule has 7 nitrogen and oxygen atoms in total. The summed E-state index contributed by atoms with van der Waals surface area (Å²) >= 11 is 1.50. The van der Waals surface area contributed by atoms with Crippen molar-refractivity contribution in [3.63, 3.8) is 0 Å². The average molecular weight is 440 g/mol. The molecule has 0 bridgehead atoms. The quantitative estimate of drug-likeness (QED) is 0.547. The molecule has 0 saturated heterocycles. The Morgan fingerprint density at radius 2 is 1.94 bits per heavy atom.